The molecule has 2 aromatic rings. The highest BCUT2D eigenvalue weighted by Gasteiger charge is 2.70. The van der Waals surface area contributed by atoms with Gasteiger partial charge in [-0.2, -0.15) is 9.61 Å². The summed E-state index contributed by atoms with van der Waals surface area (Å²) in [7, 11) is -4.17. The molecule has 16 heteroatoms. The number of carbonyl (C=O) groups is 4. The minimum absolute atomic E-state index is 0.188. The Hall–Kier alpha value is -3.95. The summed E-state index contributed by atoms with van der Waals surface area (Å²) >= 11 is 0. The van der Waals surface area contributed by atoms with Gasteiger partial charge in [-0.3, -0.25) is 19.8 Å². The zero-order valence-corrected chi connectivity index (χ0v) is 18.7. The number of ether oxygens (including phenoxy) is 1. The van der Waals surface area contributed by atoms with Gasteiger partial charge in [0, 0.05) is 11.6 Å². The van der Waals surface area contributed by atoms with Crippen LogP contribution < -0.4 is 16.4 Å². The van der Waals surface area contributed by atoms with Gasteiger partial charge in [0.2, 0.25) is 5.91 Å². The van der Waals surface area contributed by atoms with Crippen molar-refractivity contribution in [3.63, 3.8) is 0 Å². The first-order chi connectivity index (χ1) is 15.9. The normalized spacial score (nSPS) is 24.9. The Balaban J connectivity index is 1.43. The molecule has 0 aromatic carbocycles. The van der Waals surface area contributed by atoms with Crippen LogP contribution in [0.5, 0.6) is 0 Å². The number of sulfone groups is 1. The number of hydrazine groups is 1. The third kappa shape index (κ3) is 3.28. The first-order valence-corrected chi connectivity index (χ1v) is 11.6. The van der Waals surface area contributed by atoms with Crippen molar-refractivity contribution in [2.75, 3.05) is 6.61 Å². The van der Waals surface area contributed by atoms with Crippen LogP contribution in [0.1, 0.15) is 36.3 Å². The van der Waals surface area contributed by atoms with Crippen LogP contribution in [0.25, 0.3) is 5.65 Å². The molecule has 3 atom stereocenters. The highest BCUT2D eigenvalue weighted by Crippen LogP contribution is 2.46. The molecule has 4 N–H and O–H groups in total. The van der Waals surface area contributed by atoms with Crippen LogP contribution in [0, 0.1) is 0 Å². The summed E-state index contributed by atoms with van der Waals surface area (Å²) in [6.07, 6.45) is 0.390. The Kier molecular flexibility index (Phi) is 5.34. The van der Waals surface area contributed by atoms with Gasteiger partial charge in [0.1, 0.15) is 28.1 Å². The van der Waals surface area contributed by atoms with Crippen LogP contribution in [0.4, 0.5) is 4.79 Å². The first kappa shape index (κ1) is 23.2. The van der Waals surface area contributed by atoms with Gasteiger partial charge in [0.25, 0.3) is 11.5 Å². The van der Waals surface area contributed by atoms with E-state index in [1.807, 2.05) is 17.8 Å². The van der Waals surface area contributed by atoms with Gasteiger partial charge >= 0.3 is 12.1 Å². The SMILES string of the molecule is CCc1cnn2c(=O)cc(C(=O)NNC(=O)OC[C@@]3(C)[C@H](C(=O)O)N4C(=O)C[C@H]4S3(=O)=O)[nH]c12. The van der Waals surface area contributed by atoms with Gasteiger partial charge in [-0.25, -0.2) is 23.4 Å². The van der Waals surface area contributed by atoms with Crippen molar-refractivity contribution < 1.29 is 37.4 Å². The lowest BCUT2D eigenvalue weighted by Gasteiger charge is -2.35. The molecule has 4 rings (SSSR count). The van der Waals surface area contributed by atoms with Gasteiger partial charge in [-0.15, -0.1) is 0 Å². The van der Waals surface area contributed by atoms with Gasteiger partial charge in [0.15, 0.2) is 15.9 Å². The second-order valence-corrected chi connectivity index (χ2v) is 10.6. The van der Waals surface area contributed by atoms with Crippen molar-refractivity contribution in [2.45, 2.75) is 42.9 Å². The Morgan fingerprint density at radius 3 is 2.65 bits per heavy atom. The molecule has 0 saturated carbocycles. The maximum absolute atomic E-state index is 12.8. The third-order valence-electron chi connectivity index (χ3n) is 6.01. The number of amides is 3. The van der Waals surface area contributed by atoms with Crippen molar-refractivity contribution >= 4 is 39.4 Å². The number of aryl methyl sites for hydroxylation is 1. The number of fused-ring (bicyclic) bond motifs is 2. The molecule has 2 aliphatic heterocycles. The molecule has 0 radical (unpaired) electrons. The molecule has 2 saturated heterocycles. The number of β-lactam (4-membered cyclic amide) rings is 1. The Morgan fingerprint density at radius 1 is 1.32 bits per heavy atom. The number of nitrogens with one attached hydrogen (secondary N) is 3. The average Bonchev–Trinajstić information content (AvgIpc) is 3.25. The van der Waals surface area contributed by atoms with Crippen LogP contribution in [0.3, 0.4) is 0 Å². The second-order valence-electron chi connectivity index (χ2n) is 8.02. The maximum atomic E-state index is 12.8. The lowest BCUT2D eigenvalue weighted by molar-refractivity contribution is -0.158. The molecule has 0 unspecified atom stereocenters. The van der Waals surface area contributed by atoms with Crippen molar-refractivity contribution in [2.24, 2.45) is 0 Å². The van der Waals surface area contributed by atoms with E-state index in [-0.39, 0.29) is 12.1 Å². The van der Waals surface area contributed by atoms with Crippen LogP contribution in [0.15, 0.2) is 17.1 Å². The van der Waals surface area contributed by atoms with Gasteiger partial charge < -0.3 is 19.7 Å². The quantitative estimate of drug-likeness (QED) is 0.268. The summed E-state index contributed by atoms with van der Waals surface area (Å²) in [5.74, 6) is -3.08. The predicted molar refractivity (Wildman–Crippen MR) is 111 cm³/mol. The number of aromatic nitrogens is 3. The minimum atomic E-state index is -4.17. The van der Waals surface area contributed by atoms with Gasteiger partial charge in [-0.05, 0) is 13.3 Å². The topological polar surface area (TPSA) is 209 Å². The summed E-state index contributed by atoms with van der Waals surface area (Å²) in [6.45, 7) is 2.03. The van der Waals surface area contributed by atoms with Crippen molar-refractivity contribution in [1.82, 2.24) is 30.3 Å². The predicted octanol–water partition coefficient (Wildman–Crippen LogP) is -1.85. The number of aromatic amines is 1. The van der Waals surface area contributed by atoms with Crippen LogP contribution in [0.2, 0.25) is 0 Å². The molecule has 0 bridgehead atoms. The highest BCUT2D eigenvalue weighted by molar-refractivity contribution is 7.94. The molecule has 2 fully saturated rings. The summed E-state index contributed by atoms with van der Waals surface area (Å²) in [5, 5.41) is 12.1. The number of nitrogens with zero attached hydrogens (tertiary/aromatic N) is 3. The summed E-state index contributed by atoms with van der Waals surface area (Å²) in [4.78, 5) is 63.6. The fourth-order valence-electron chi connectivity index (χ4n) is 4.10. The monoisotopic (exact) mass is 496 g/mol. The number of hydrogen-bond donors (Lipinski definition) is 4. The van der Waals surface area contributed by atoms with E-state index in [0.717, 1.165) is 22.4 Å². The zero-order valence-electron chi connectivity index (χ0n) is 17.9. The smallest absolute Gasteiger partial charge is 0.426 e. The van der Waals surface area contributed by atoms with E-state index in [4.69, 9.17) is 4.74 Å². The van der Waals surface area contributed by atoms with Crippen molar-refractivity contribution in [3.8, 4) is 0 Å². The van der Waals surface area contributed by atoms with Crippen LogP contribution in [-0.2, 0) is 30.6 Å². The Labute approximate surface area is 190 Å². The van der Waals surface area contributed by atoms with Crippen molar-refractivity contribution in [1.29, 1.82) is 0 Å². The summed E-state index contributed by atoms with van der Waals surface area (Å²) in [5.41, 5.74) is 4.13. The van der Waals surface area contributed by atoms with E-state index in [2.05, 4.69) is 10.1 Å². The number of hydrogen-bond acceptors (Lipinski definition) is 9. The first-order valence-electron chi connectivity index (χ1n) is 10.0. The molecule has 3 amide bonds. The molecule has 2 aromatic heterocycles. The lowest BCUT2D eigenvalue weighted by atomic mass is 9.97. The molecule has 34 heavy (non-hydrogen) atoms. The number of carboxylic acid groups (broad SMARTS) is 1. The van der Waals surface area contributed by atoms with Gasteiger partial charge in [-0.1, -0.05) is 6.92 Å². The summed E-state index contributed by atoms with van der Waals surface area (Å²) < 4.78 is 29.4. The minimum Gasteiger partial charge on any atom is -0.480 e. The van der Waals surface area contributed by atoms with E-state index < -0.39 is 62.0 Å². The largest absolute Gasteiger partial charge is 0.480 e. The standard InChI is InChI=1S/C18H20N6O9S/c1-3-8-6-19-24-11(26)4-9(20-14(8)24)15(27)21-22-17(30)33-7-18(2)13(16(28)29)23-10(25)5-12(23)34(18,31)32/h4,6,12-13,20H,3,5,7H2,1-2H3,(H,21,27)(H,22,30)(H,28,29)/t12-,13+,18+/m1/s1. The number of carbonyl (C=O) groups excluding carboxylic acids is 3. The van der Waals surface area contributed by atoms with E-state index in [9.17, 15) is 37.5 Å². The van der Waals surface area contributed by atoms with Crippen molar-refractivity contribution in [3.05, 3.63) is 33.9 Å². The Morgan fingerprint density at radius 2 is 2.03 bits per heavy atom. The fraction of sp³-hybridized carbons (Fsp3) is 0.444. The number of aliphatic carboxylic acids is 1. The molecule has 2 aliphatic rings. The molecular formula is C18H20N6O9S. The average molecular weight is 496 g/mol. The van der Waals surface area contributed by atoms with E-state index >= 15 is 0 Å². The summed E-state index contributed by atoms with van der Waals surface area (Å²) in [6, 6.07) is -0.765. The molecule has 4 heterocycles. The Bertz CT molecular complexity index is 1400. The van der Waals surface area contributed by atoms with Crippen LogP contribution >= 0.6 is 0 Å². The van der Waals surface area contributed by atoms with E-state index in [1.165, 1.54) is 6.20 Å². The third-order valence-corrected chi connectivity index (χ3v) is 8.77. The number of H-pyrrole nitrogens is 1. The second kappa shape index (κ2) is 7.82. The number of rotatable bonds is 5. The fourth-order valence-corrected chi connectivity index (χ4v) is 6.38. The molecule has 182 valence electrons. The van der Waals surface area contributed by atoms with E-state index in [0.29, 0.717) is 17.6 Å². The molecule has 0 spiro atoms. The zero-order chi connectivity index (χ0) is 25.0. The van der Waals surface area contributed by atoms with E-state index in [1.54, 1.807) is 0 Å². The van der Waals surface area contributed by atoms with Crippen LogP contribution in [-0.4, -0.2) is 79.7 Å². The molecule has 15 nitrogen and oxygen atoms in total. The number of carboxylic acids is 1. The lowest BCUT2D eigenvalue weighted by Crippen LogP contribution is -2.58. The highest BCUT2D eigenvalue weighted by atomic mass is 32.2. The molecule has 0 aliphatic carbocycles. The van der Waals surface area contributed by atoms with Gasteiger partial charge in [0.05, 0.1) is 12.6 Å². The molecular weight excluding hydrogens is 476 g/mol. The maximum Gasteiger partial charge on any atom is 0.426 e.